The zero-order valence-corrected chi connectivity index (χ0v) is 16.1. The molecule has 2 aliphatic rings. The van der Waals surface area contributed by atoms with E-state index in [1.54, 1.807) is 7.11 Å². The molecule has 0 aliphatic carbocycles. The smallest absolute Gasteiger partial charge is 0.317 e. The maximum atomic E-state index is 12.7. The number of carbonyl (C=O) groups is 1. The Balaban J connectivity index is 1.64. The summed E-state index contributed by atoms with van der Waals surface area (Å²) in [6, 6.07) is 8.57. The van der Waals surface area contributed by atoms with Crippen LogP contribution in [-0.2, 0) is 0 Å². The second-order valence-corrected chi connectivity index (χ2v) is 7.48. The fraction of sp³-hybridized carbons (Fsp3) is 0.667. The molecule has 5 nitrogen and oxygen atoms in total. The number of rotatable bonds is 5. The summed E-state index contributed by atoms with van der Waals surface area (Å²) in [6.45, 7) is 4.63. The zero-order chi connectivity index (χ0) is 18.2. The maximum absolute atomic E-state index is 12.7. The molecule has 0 bridgehead atoms. The van der Waals surface area contributed by atoms with Crippen LogP contribution < -0.4 is 10.1 Å². The number of benzene rings is 1. The van der Waals surface area contributed by atoms with Crippen molar-refractivity contribution in [3.8, 4) is 5.75 Å². The first-order chi connectivity index (χ1) is 12.8. The Morgan fingerprint density at radius 3 is 2.38 bits per heavy atom. The molecule has 1 aromatic rings. The number of urea groups is 1. The Kier molecular flexibility index (Phi) is 7.18. The number of hydrogen-bond donors (Lipinski definition) is 1. The lowest BCUT2D eigenvalue weighted by molar-refractivity contribution is 0.183. The Labute approximate surface area is 157 Å². The van der Waals surface area contributed by atoms with Crippen LogP contribution in [0.4, 0.5) is 4.79 Å². The van der Waals surface area contributed by atoms with Crippen LogP contribution in [0.2, 0.25) is 0 Å². The van der Waals surface area contributed by atoms with Gasteiger partial charge in [-0.15, -0.1) is 0 Å². The van der Waals surface area contributed by atoms with Crippen molar-refractivity contribution in [2.45, 2.75) is 51.0 Å². The number of likely N-dealkylation sites (tertiary alicyclic amines) is 2. The molecular weight excluding hydrogens is 326 g/mol. The van der Waals surface area contributed by atoms with E-state index in [-0.39, 0.29) is 12.1 Å². The van der Waals surface area contributed by atoms with Gasteiger partial charge in [0, 0.05) is 19.6 Å². The summed E-state index contributed by atoms with van der Waals surface area (Å²) in [5.74, 6) is 0.877. The van der Waals surface area contributed by atoms with Gasteiger partial charge in [-0.25, -0.2) is 4.79 Å². The highest BCUT2D eigenvalue weighted by Crippen LogP contribution is 2.27. The third-order valence-electron chi connectivity index (χ3n) is 5.65. The Hall–Kier alpha value is -1.75. The maximum Gasteiger partial charge on any atom is 0.317 e. The van der Waals surface area contributed by atoms with Crippen LogP contribution in [0.3, 0.4) is 0 Å². The first-order valence-electron chi connectivity index (χ1n) is 10.2. The molecule has 2 aliphatic heterocycles. The summed E-state index contributed by atoms with van der Waals surface area (Å²) >= 11 is 0. The van der Waals surface area contributed by atoms with Crippen molar-refractivity contribution < 1.29 is 9.53 Å². The van der Waals surface area contributed by atoms with Gasteiger partial charge >= 0.3 is 6.03 Å². The molecule has 0 saturated carbocycles. The lowest BCUT2D eigenvalue weighted by Gasteiger charge is -2.30. The first kappa shape index (κ1) is 19.0. The number of hydrogen-bond acceptors (Lipinski definition) is 3. The SMILES string of the molecule is COc1cccc(C(CNC(=O)N2CCCCCCC2)N2CCCC2)c1. The van der Waals surface area contributed by atoms with Gasteiger partial charge in [0.25, 0.3) is 0 Å². The highest BCUT2D eigenvalue weighted by molar-refractivity contribution is 5.74. The van der Waals surface area contributed by atoms with Crippen LogP contribution in [-0.4, -0.2) is 55.7 Å². The van der Waals surface area contributed by atoms with Crippen LogP contribution in [0.15, 0.2) is 24.3 Å². The van der Waals surface area contributed by atoms with Crippen molar-refractivity contribution in [3.05, 3.63) is 29.8 Å². The predicted molar refractivity (Wildman–Crippen MR) is 105 cm³/mol. The van der Waals surface area contributed by atoms with Gasteiger partial charge in [0.2, 0.25) is 0 Å². The average molecular weight is 360 g/mol. The molecule has 144 valence electrons. The molecule has 1 atom stereocenters. The Bertz CT molecular complexity index is 564. The van der Waals surface area contributed by atoms with Crippen molar-refractivity contribution in [3.63, 3.8) is 0 Å². The molecule has 2 fully saturated rings. The Morgan fingerprint density at radius 2 is 1.69 bits per heavy atom. The number of amides is 2. The van der Waals surface area contributed by atoms with Gasteiger partial charge in [-0.1, -0.05) is 31.4 Å². The van der Waals surface area contributed by atoms with Gasteiger partial charge in [-0.3, -0.25) is 4.90 Å². The minimum atomic E-state index is 0.0963. The molecule has 1 unspecified atom stereocenters. The monoisotopic (exact) mass is 359 g/mol. The van der Waals surface area contributed by atoms with E-state index in [9.17, 15) is 4.79 Å². The summed E-state index contributed by atoms with van der Waals surface area (Å²) in [7, 11) is 1.70. The first-order valence-corrected chi connectivity index (χ1v) is 10.2. The molecular formula is C21H33N3O2. The molecule has 1 aromatic carbocycles. The van der Waals surface area contributed by atoms with Gasteiger partial charge in [0.15, 0.2) is 0 Å². The molecule has 3 rings (SSSR count). The van der Waals surface area contributed by atoms with E-state index < -0.39 is 0 Å². The quantitative estimate of drug-likeness (QED) is 0.869. The van der Waals surface area contributed by atoms with Gasteiger partial charge in [0.05, 0.1) is 13.2 Å². The number of carbonyl (C=O) groups excluding carboxylic acids is 1. The highest BCUT2D eigenvalue weighted by Gasteiger charge is 2.25. The van der Waals surface area contributed by atoms with E-state index in [1.165, 1.54) is 37.7 Å². The molecule has 2 amide bonds. The molecule has 2 heterocycles. The zero-order valence-electron chi connectivity index (χ0n) is 16.1. The van der Waals surface area contributed by atoms with E-state index >= 15 is 0 Å². The van der Waals surface area contributed by atoms with Gasteiger partial charge in [-0.05, 0) is 56.5 Å². The summed E-state index contributed by atoms with van der Waals surface area (Å²) in [6.07, 6.45) is 8.51. The lowest BCUT2D eigenvalue weighted by atomic mass is 10.0. The van der Waals surface area contributed by atoms with Crippen LogP contribution in [0, 0.1) is 0 Å². The topological polar surface area (TPSA) is 44.8 Å². The van der Waals surface area contributed by atoms with Crippen molar-refractivity contribution in [1.29, 1.82) is 0 Å². The normalized spacial score (nSPS) is 20.3. The van der Waals surface area contributed by atoms with Gasteiger partial charge < -0.3 is 15.0 Å². The van der Waals surface area contributed by atoms with Crippen LogP contribution in [0.1, 0.15) is 56.6 Å². The van der Waals surface area contributed by atoms with Crippen molar-refractivity contribution in [2.24, 2.45) is 0 Å². The molecule has 26 heavy (non-hydrogen) atoms. The van der Waals surface area contributed by atoms with Crippen molar-refractivity contribution >= 4 is 6.03 Å². The number of nitrogens with one attached hydrogen (secondary N) is 1. The van der Waals surface area contributed by atoms with Crippen molar-refractivity contribution in [2.75, 3.05) is 39.8 Å². The fourth-order valence-corrected chi connectivity index (χ4v) is 4.11. The summed E-state index contributed by atoms with van der Waals surface area (Å²) < 4.78 is 5.40. The van der Waals surface area contributed by atoms with Crippen LogP contribution in [0.25, 0.3) is 0 Å². The molecule has 0 radical (unpaired) electrons. The molecule has 5 heteroatoms. The predicted octanol–water partition coefficient (Wildman–Crippen LogP) is 3.81. The van der Waals surface area contributed by atoms with Crippen LogP contribution in [0.5, 0.6) is 5.75 Å². The van der Waals surface area contributed by atoms with E-state index in [2.05, 4.69) is 22.3 Å². The molecule has 2 saturated heterocycles. The van der Waals surface area contributed by atoms with E-state index in [0.717, 1.165) is 44.8 Å². The summed E-state index contributed by atoms with van der Waals surface area (Å²) in [5.41, 5.74) is 1.22. The summed E-state index contributed by atoms with van der Waals surface area (Å²) in [5, 5.41) is 3.22. The molecule has 0 spiro atoms. The second-order valence-electron chi connectivity index (χ2n) is 7.48. The standard InChI is InChI=1S/C21H33N3O2/c1-26-19-11-9-10-18(16-19)20(23-12-7-8-13-23)17-22-21(25)24-14-5-3-2-4-6-15-24/h9-11,16,20H,2-8,12-15,17H2,1H3,(H,22,25). The second kappa shape index (κ2) is 9.81. The molecule has 1 N–H and O–H groups in total. The largest absolute Gasteiger partial charge is 0.497 e. The Morgan fingerprint density at radius 1 is 1.04 bits per heavy atom. The fourth-order valence-electron chi connectivity index (χ4n) is 4.11. The number of nitrogens with zero attached hydrogens (tertiary/aromatic N) is 2. The van der Waals surface area contributed by atoms with Crippen LogP contribution >= 0.6 is 0 Å². The highest BCUT2D eigenvalue weighted by atomic mass is 16.5. The van der Waals surface area contributed by atoms with E-state index in [4.69, 9.17) is 4.74 Å². The summed E-state index contributed by atoms with van der Waals surface area (Å²) in [4.78, 5) is 17.2. The van der Waals surface area contributed by atoms with E-state index in [1.807, 2.05) is 17.0 Å². The number of methoxy groups -OCH3 is 1. The minimum Gasteiger partial charge on any atom is -0.497 e. The van der Waals surface area contributed by atoms with Gasteiger partial charge in [0.1, 0.15) is 5.75 Å². The lowest BCUT2D eigenvalue weighted by Crippen LogP contribution is -2.45. The third kappa shape index (κ3) is 5.13. The number of ether oxygens (including phenoxy) is 1. The third-order valence-corrected chi connectivity index (χ3v) is 5.65. The molecule has 0 aromatic heterocycles. The minimum absolute atomic E-state index is 0.0963. The average Bonchev–Trinajstić information content (AvgIpc) is 3.16. The van der Waals surface area contributed by atoms with E-state index in [0.29, 0.717) is 6.54 Å². The van der Waals surface area contributed by atoms with Crippen molar-refractivity contribution in [1.82, 2.24) is 15.1 Å². The van der Waals surface area contributed by atoms with Gasteiger partial charge in [-0.2, -0.15) is 0 Å².